The van der Waals surface area contributed by atoms with Crippen molar-refractivity contribution >= 4 is 40.1 Å². The number of halogens is 2. The quantitative estimate of drug-likeness (QED) is 0.539. The molecule has 6 heteroatoms. The van der Waals surface area contributed by atoms with E-state index in [4.69, 9.17) is 28.2 Å². The van der Waals surface area contributed by atoms with Gasteiger partial charge in [-0.15, -0.1) is 0 Å². The minimum Gasteiger partial charge on any atom is -0.354 e. The van der Waals surface area contributed by atoms with Crippen LogP contribution in [0.4, 0.5) is 0 Å². The third-order valence-corrected chi connectivity index (χ3v) is 5.46. The molecule has 148 valence electrons. The van der Waals surface area contributed by atoms with Crippen LogP contribution in [0.15, 0.2) is 42.5 Å². The molecule has 0 spiro atoms. The second-order valence-electron chi connectivity index (χ2n) is 7.33. The summed E-state index contributed by atoms with van der Waals surface area (Å²) in [7, 11) is 0. The first kappa shape index (κ1) is 20.7. The van der Waals surface area contributed by atoms with Crippen molar-refractivity contribution in [2.75, 3.05) is 6.54 Å². The van der Waals surface area contributed by atoms with Crippen LogP contribution in [-0.4, -0.2) is 22.0 Å². The smallest absolute Gasteiger partial charge is 0.243 e. The fourth-order valence-corrected chi connectivity index (χ4v) is 3.86. The number of fused-ring (bicyclic) bond motifs is 1. The second kappa shape index (κ2) is 8.97. The summed E-state index contributed by atoms with van der Waals surface area (Å²) in [5.74, 6) is 1.18. The van der Waals surface area contributed by atoms with Crippen LogP contribution in [0.1, 0.15) is 44.6 Å². The van der Waals surface area contributed by atoms with Gasteiger partial charge < -0.3 is 9.88 Å². The van der Waals surface area contributed by atoms with Crippen molar-refractivity contribution < 1.29 is 4.79 Å². The molecule has 3 aromatic rings. The molecule has 0 saturated carbocycles. The van der Waals surface area contributed by atoms with Crippen molar-refractivity contribution in [1.82, 2.24) is 14.9 Å². The van der Waals surface area contributed by atoms with Crippen LogP contribution in [0.25, 0.3) is 11.0 Å². The van der Waals surface area contributed by atoms with Crippen LogP contribution in [0.2, 0.25) is 10.0 Å². The Morgan fingerprint density at radius 3 is 2.43 bits per heavy atom. The molecule has 1 N–H and O–H groups in total. The van der Waals surface area contributed by atoms with Gasteiger partial charge in [-0.25, -0.2) is 4.98 Å². The number of hydrogen-bond acceptors (Lipinski definition) is 2. The molecule has 0 radical (unpaired) electrons. The maximum Gasteiger partial charge on any atom is 0.243 e. The highest BCUT2D eigenvalue weighted by atomic mass is 35.5. The number of nitrogens with one attached hydrogen (secondary N) is 1. The Hall–Kier alpha value is -2.04. The van der Waals surface area contributed by atoms with Crippen molar-refractivity contribution in [2.24, 2.45) is 5.92 Å². The number of carbonyl (C=O) groups excluding carboxylic acids is 1. The summed E-state index contributed by atoms with van der Waals surface area (Å²) in [5.41, 5.74) is 2.61. The zero-order chi connectivity index (χ0) is 20.3. The summed E-state index contributed by atoms with van der Waals surface area (Å²) in [6.45, 7) is 6.83. The predicted octanol–water partition coefficient (Wildman–Crippen LogP) is 5.66. The average Bonchev–Trinajstić information content (AvgIpc) is 3.02. The van der Waals surface area contributed by atoms with Gasteiger partial charge >= 0.3 is 0 Å². The number of nitrogens with zero attached hydrogens (tertiary/aromatic N) is 2. The summed E-state index contributed by atoms with van der Waals surface area (Å²) in [6.07, 6.45) is 1.12. The van der Waals surface area contributed by atoms with E-state index in [9.17, 15) is 4.79 Å². The normalized spacial score (nSPS) is 12.5. The molecule has 0 aliphatic heterocycles. The lowest BCUT2D eigenvalue weighted by Gasteiger charge is -2.21. The number of imidazole rings is 1. The Morgan fingerprint density at radius 1 is 1.11 bits per heavy atom. The molecule has 1 amide bonds. The van der Waals surface area contributed by atoms with E-state index in [0.29, 0.717) is 35.3 Å². The second-order valence-corrected chi connectivity index (χ2v) is 8.14. The van der Waals surface area contributed by atoms with Gasteiger partial charge in [-0.1, -0.05) is 62.2 Å². The van der Waals surface area contributed by atoms with Gasteiger partial charge in [-0.3, -0.25) is 4.79 Å². The summed E-state index contributed by atoms with van der Waals surface area (Å²) in [5, 5.41) is 4.26. The molecular weight excluding hydrogens is 393 g/mol. The lowest BCUT2D eigenvalue weighted by molar-refractivity contribution is -0.124. The Bertz CT molecular complexity index is 961. The van der Waals surface area contributed by atoms with E-state index in [0.717, 1.165) is 22.4 Å². The third-order valence-electron chi connectivity index (χ3n) is 4.75. The summed E-state index contributed by atoms with van der Waals surface area (Å²) in [6, 6.07) is 13.0. The van der Waals surface area contributed by atoms with Gasteiger partial charge in [0.1, 0.15) is 11.9 Å². The predicted molar refractivity (Wildman–Crippen MR) is 116 cm³/mol. The number of aromatic nitrogens is 2. The topological polar surface area (TPSA) is 46.9 Å². The molecule has 1 aromatic heterocycles. The van der Waals surface area contributed by atoms with E-state index in [-0.39, 0.29) is 11.9 Å². The first-order valence-electron chi connectivity index (χ1n) is 9.58. The number of benzene rings is 2. The molecular formula is C22H25Cl2N3O. The zero-order valence-electron chi connectivity index (χ0n) is 16.4. The number of rotatable bonds is 7. The van der Waals surface area contributed by atoms with Gasteiger partial charge in [-0.2, -0.15) is 0 Å². The van der Waals surface area contributed by atoms with Gasteiger partial charge in [0.25, 0.3) is 0 Å². The van der Waals surface area contributed by atoms with Gasteiger partial charge in [-0.05, 0) is 42.2 Å². The van der Waals surface area contributed by atoms with Crippen LogP contribution >= 0.6 is 23.2 Å². The molecule has 0 saturated heterocycles. The monoisotopic (exact) mass is 417 g/mol. The van der Waals surface area contributed by atoms with Gasteiger partial charge in [0.05, 0.1) is 11.0 Å². The van der Waals surface area contributed by atoms with Crippen LogP contribution in [0.3, 0.4) is 0 Å². The van der Waals surface area contributed by atoms with Gasteiger partial charge in [0, 0.05) is 23.0 Å². The summed E-state index contributed by atoms with van der Waals surface area (Å²) in [4.78, 5) is 17.7. The number of amides is 1. The van der Waals surface area contributed by atoms with E-state index in [2.05, 4.69) is 19.2 Å². The molecule has 0 bridgehead atoms. The number of carbonyl (C=O) groups is 1. The number of para-hydroxylation sites is 2. The van der Waals surface area contributed by atoms with E-state index in [1.807, 2.05) is 54.0 Å². The van der Waals surface area contributed by atoms with E-state index >= 15 is 0 Å². The molecule has 0 fully saturated rings. The van der Waals surface area contributed by atoms with Crippen LogP contribution in [0, 0.1) is 5.92 Å². The average molecular weight is 418 g/mol. The van der Waals surface area contributed by atoms with E-state index < -0.39 is 0 Å². The van der Waals surface area contributed by atoms with Crippen LogP contribution in [-0.2, 0) is 11.2 Å². The minimum atomic E-state index is -0.345. The van der Waals surface area contributed by atoms with E-state index in [1.54, 1.807) is 0 Å². The lowest BCUT2D eigenvalue weighted by atomic mass is 10.1. The van der Waals surface area contributed by atoms with E-state index in [1.165, 1.54) is 0 Å². The molecule has 1 heterocycles. The Kier molecular flexibility index (Phi) is 6.63. The first-order chi connectivity index (χ1) is 13.4. The highest BCUT2D eigenvalue weighted by Crippen LogP contribution is 2.30. The molecule has 1 unspecified atom stereocenters. The Labute approximate surface area is 175 Å². The molecule has 4 nitrogen and oxygen atoms in total. The first-order valence-corrected chi connectivity index (χ1v) is 10.3. The van der Waals surface area contributed by atoms with Crippen LogP contribution in [0.5, 0.6) is 0 Å². The van der Waals surface area contributed by atoms with Crippen molar-refractivity contribution in [1.29, 1.82) is 0 Å². The van der Waals surface area contributed by atoms with Gasteiger partial charge in [0.15, 0.2) is 0 Å². The molecule has 1 atom stereocenters. The highest BCUT2D eigenvalue weighted by molar-refractivity contribution is 6.36. The van der Waals surface area contributed by atoms with Crippen molar-refractivity contribution in [2.45, 2.75) is 39.7 Å². The van der Waals surface area contributed by atoms with Crippen molar-refractivity contribution in [3.8, 4) is 0 Å². The molecule has 28 heavy (non-hydrogen) atoms. The number of hydrogen-bond donors (Lipinski definition) is 1. The Morgan fingerprint density at radius 2 is 1.79 bits per heavy atom. The van der Waals surface area contributed by atoms with Crippen molar-refractivity contribution in [3.63, 3.8) is 0 Å². The zero-order valence-corrected chi connectivity index (χ0v) is 17.9. The third kappa shape index (κ3) is 4.34. The molecule has 2 aromatic carbocycles. The Balaban J connectivity index is 2.07. The minimum absolute atomic E-state index is 0.00542. The standard InChI is InChI=1S/C22H25Cl2N3O/c1-4-19(22(28)25-13-14(2)3)27-20-11-6-5-10-18(20)26-21(27)12-15-16(23)8-7-9-17(15)24/h5-11,14,19H,4,12-13H2,1-3H3,(H,25,28). The molecule has 3 rings (SSSR count). The van der Waals surface area contributed by atoms with Gasteiger partial charge in [0.2, 0.25) is 5.91 Å². The SMILES string of the molecule is CCC(C(=O)NCC(C)C)n1c(Cc2c(Cl)cccc2Cl)nc2ccccc21. The lowest BCUT2D eigenvalue weighted by Crippen LogP contribution is -2.35. The maximum absolute atomic E-state index is 12.9. The summed E-state index contributed by atoms with van der Waals surface area (Å²) < 4.78 is 2.03. The maximum atomic E-state index is 12.9. The largest absolute Gasteiger partial charge is 0.354 e. The van der Waals surface area contributed by atoms with Crippen LogP contribution < -0.4 is 5.32 Å². The van der Waals surface area contributed by atoms with Crippen molar-refractivity contribution in [3.05, 3.63) is 63.9 Å². The fraction of sp³-hybridized carbons (Fsp3) is 0.364. The summed E-state index contributed by atoms with van der Waals surface area (Å²) >= 11 is 12.8. The molecule has 0 aliphatic rings. The molecule has 0 aliphatic carbocycles. The fourth-order valence-electron chi connectivity index (χ4n) is 3.33. The highest BCUT2D eigenvalue weighted by Gasteiger charge is 2.25.